The van der Waals surface area contributed by atoms with E-state index in [2.05, 4.69) is 19.2 Å². The molecule has 91 heavy (non-hydrogen) atoms. The zero-order chi connectivity index (χ0) is 66.2. The molecule has 3 unspecified atom stereocenters. The lowest BCUT2D eigenvalue weighted by Gasteiger charge is -2.29. The van der Waals surface area contributed by atoms with Crippen LogP contribution < -0.4 is 10.2 Å². The first-order valence-corrected chi connectivity index (χ1v) is 43.0. The minimum absolute atomic E-state index is 0.00319. The minimum atomic E-state index is -4.60. The molecule has 2 N–H and O–H groups in total. The summed E-state index contributed by atoms with van der Waals surface area (Å²) < 4.78 is 23.5. The van der Waals surface area contributed by atoms with Gasteiger partial charge in [0.25, 0.3) is 7.82 Å². The molecule has 0 rings (SSSR count). The molecule has 0 bridgehead atoms. The van der Waals surface area contributed by atoms with Crippen LogP contribution in [0.25, 0.3) is 0 Å². The van der Waals surface area contributed by atoms with E-state index < -0.39 is 20.0 Å². The number of hydrogen-bond donors (Lipinski definition) is 2. The molecule has 0 aliphatic heterocycles. The van der Waals surface area contributed by atoms with E-state index in [1.54, 1.807) is 6.08 Å². The van der Waals surface area contributed by atoms with Gasteiger partial charge in [-0.1, -0.05) is 443 Å². The fourth-order valence-corrected chi connectivity index (χ4v) is 14.1. The number of unbranched alkanes of at least 4 members (excludes halogenated alkanes) is 66. The fraction of sp³-hybridized carbons (Fsp3) is 0.963. The summed E-state index contributed by atoms with van der Waals surface area (Å²) in [5.74, 6) is -0.185. The van der Waals surface area contributed by atoms with Gasteiger partial charge in [0.15, 0.2) is 0 Å². The fourth-order valence-electron chi connectivity index (χ4n) is 13.3. The third-order valence-electron chi connectivity index (χ3n) is 19.7. The van der Waals surface area contributed by atoms with Crippen molar-refractivity contribution in [1.29, 1.82) is 0 Å². The van der Waals surface area contributed by atoms with Crippen LogP contribution >= 0.6 is 7.82 Å². The molecule has 0 fully saturated rings. The van der Waals surface area contributed by atoms with Gasteiger partial charge in [-0.25, -0.2) is 0 Å². The predicted octanol–water partition coefficient (Wildman–Crippen LogP) is 26.6. The van der Waals surface area contributed by atoms with Gasteiger partial charge in [-0.05, 0) is 19.3 Å². The Hall–Kier alpha value is -0.760. The number of phosphoric acid groups is 1. The van der Waals surface area contributed by atoms with Crippen molar-refractivity contribution in [2.75, 3.05) is 40.9 Å². The number of carbonyl (C=O) groups excluding carboxylic acids is 1. The highest BCUT2D eigenvalue weighted by atomic mass is 31.2. The maximum atomic E-state index is 13.1. The molecule has 1 amide bonds. The van der Waals surface area contributed by atoms with Gasteiger partial charge in [0, 0.05) is 6.42 Å². The second-order valence-corrected chi connectivity index (χ2v) is 31.6. The van der Waals surface area contributed by atoms with Crippen molar-refractivity contribution >= 4 is 13.7 Å². The highest BCUT2D eigenvalue weighted by Crippen LogP contribution is 2.38. The Morgan fingerprint density at radius 2 is 0.593 bits per heavy atom. The first-order valence-electron chi connectivity index (χ1n) is 41.6. The molecular weight excluding hydrogens is 1140 g/mol. The van der Waals surface area contributed by atoms with Crippen LogP contribution in [0.2, 0.25) is 0 Å². The maximum absolute atomic E-state index is 13.1. The molecule has 0 aliphatic carbocycles. The summed E-state index contributed by atoms with van der Waals surface area (Å²) in [6.07, 6.45) is 96.9. The Morgan fingerprint density at radius 3 is 0.824 bits per heavy atom. The number of nitrogens with one attached hydrogen (secondary N) is 1. The number of quaternary nitrogens is 1. The summed E-state index contributed by atoms with van der Waals surface area (Å²) in [7, 11) is 1.29. The molecule has 0 radical (unpaired) electrons. The van der Waals surface area contributed by atoms with Crippen molar-refractivity contribution in [1.82, 2.24) is 5.32 Å². The molecule has 0 saturated heterocycles. The standard InChI is InChI=1S/C82H165N2O6P/c1-6-8-10-12-14-16-18-20-22-24-26-28-30-32-34-36-38-39-40-41-42-43-44-45-46-48-50-52-54-56-58-60-62-64-66-68-70-72-74-76-82(86)83-80(79-90-91(87,88)89-78-77-84(3,4)5)81(85)75-73-71-69-67-65-63-61-59-57-55-53-51-49-47-37-35-33-31-29-27-25-23-21-19-17-15-13-11-9-7-2/h73,75,80-81,85H,6-72,74,76-79H2,1-5H3,(H-,83,86,87,88)/b75-73+. The predicted molar refractivity (Wildman–Crippen MR) is 399 cm³/mol. The largest absolute Gasteiger partial charge is 0.756 e. The molecule has 0 aromatic heterocycles. The third-order valence-corrected chi connectivity index (χ3v) is 20.7. The van der Waals surface area contributed by atoms with Crippen molar-refractivity contribution in [3.63, 3.8) is 0 Å². The lowest BCUT2D eigenvalue weighted by atomic mass is 10.0. The van der Waals surface area contributed by atoms with E-state index >= 15 is 0 Å². The second kappa shape index (κ2) is 73.5. The molecule has 0 aromatic carbocycles. The third kappa shape index (κ3) is 76.5. The van der Waals surface area contributed by atoms with Gasteiger partial charge in [0.1, 0.15) is 13.2 Å². The zero-order valence-corrected chi connectivity index (χ0v) is 63.5. The summed E-state index contributed by atoms with van der Waals surface area (Å²) in [5.41, 5.74) is 0. The van der Waals surface area contributed by atoms with Gasteiger partial charge in [-0.2, -0.15) is 0 Å². The number of likely N-dealkylation sites (N-methyl/N-ethyl adjacent to an activating group) is 1. The highest BCUT2D eigenvalue weighted by molar-refractivity contribution is 7.45. The van der Waals surface area contributed by atoms with E-state index in [1.807, 2.05) is 27.2 Å². The number of allylic oxidation sites excluding steroid dienone is 1. The van der Waals surface area contributed by atoms with Crippen molar-refractivity contribution in [3.05, 3.63) is 12.2 Å². The topological polar surface area (TPSA) is 108 Å². The van der Waals surface area contributed by atoms with Gasteiger partial charge in [0.2, 0.25) is 5.91 Å². The lowest BCUT2D eigenvalue weighted by molar-refractivity contribution is -0.870. The number of rotatable bonds is 79. The smallest absolute Gasteiger partial charge is 0.268 e. The van der Waals surface area contributed by atoms with Gasteiger partial charge in [-0.15, -0.1) is 0 Å². The molecule has 8 nitrogen and oxygen atoms in total. The van der Waals surface area contributed by atoms with Crippen LogP contribution in [-0.4, -0.2) is 68.5 Å². The number of hydrogen-bond acceptors (Lipinski definition) is 6. The lowest BCUT2D eigenvalue weighted by Crippen LogP contribution is -2.45. The van der Waals surface area contributed by atoms with Gasteiger partial charge in [0.05, 0.1) is 39.9 Å². The van der Waals surface area contributed by atoms with E-state index in [-0.39, 0.29) is 19.1 Å². The monoisotopic (exact) mass is 1310 g/mol. The molecule has 0 spiro atoms. The minimum Gasteiger partial charge on any atom is -0.756 e. The Morgan fingerprint density at radius 1 is 0.374 bits per heavy atom. The van der Waals surface area contributed by atoms with Gasteiger partial charge >= 0.3 is 0 Å². The number of aliphatic hydroxyl groups excluding tert-OH is 1. The van der Waals surface area contributed by atoms with Crippen LogP contribution in [0, 0.1) is 0 Å². The number of phosphoric ester groups is 1. The molecule has 544 valence electrons. The molecule has 0 aromatic rings. The first-order chi connectivity index (χ1) is 44.5. The van der Waals surface area contributed by atoms with Gasteiger partial charge in [-0.3, -0.25) is 9.36 Å². The quantitative estimate of drug-likeness (QED) is 0.0272. The Balaban J connectivity index is 3.89. The summed E-state index contributed by atoms with van der Waals surface area (Å²) in [5, 5.41) is 14.0. The van der Waals surface area contributed by atoms with E-state index in [4.69, 9.17) is 9.05 Å². The van der Waals surface area contributed by atoms with E-state index in [0.29, 0.717) is 17.4 Å². The Labute approximate surface area is 571 Å². The Kier molecular flexibility index (Phi) is 72.9. The summed E-state index contributed by atoms with van der Waals surface area (Å²) >= 11 is 0. The number of carbonyl (C=O) groups is 1. The average Bonchev–Trinajstić information content (AvgIpc) is 3.46. The zero-order valence-electron chi connectivity index (χ0n) is 62.6. The van der Waals surface area contributed by atoms with Crippen LogP contribution in [0.4, 0.5) is 0 Å². The number of amides is 1. The van der Waals surface area contributed by atoms with Gasteiger partial charge < -0.3 is 28.8 Å². The second-order valence-electron chi connectivity index (χ2n) is 30.2. The molecule has 3 atom stereocenters. The summed E-state index contributed by atoms with van der Waals surface area (Å²) in [6, 6.07) is -0.885. The van der Waals surface area contributed by atoms with Crippen LogP contribution in [-0.2, 0) is 18.4 Å². The van der Waals surface area contributed by atoms with E-state index in [9.17, 15) is 19.4 Å². The van der Waals surface area contributed by atoms with Crippen LogP contribution in [0.15, 0.2) is 12.2 Å². The number of aliphatic hydroxyl groups is 1. The molecule has 0 saturated carbocycles. The molecule has 9 heteroatoms. The summed E-state index contributed by atoms with van der Waals surface area (Å²) in [4.78, 5) is 25.7. The SMILES string of the molecule is CCCCCCCCCCCCCCCCCCCCCCCCCCCCCC/C=C/C(O)C(COP(=O)([O-])OCC[N+](C)(C)C)NC(=O)CCCCCCCCCCCCCCCCCCCCCCCCCCCCCCCCCCCCCCCCC. The van der Waals surface area contributed by atoms with E-state index in [1.165, 1.54) is 398 Å². The highest BCUT2D eigenvalue weighted by Gasteiger charge is 2.23. The van der Waals surface area contributed by atoms with Crippen molar-refractivity contribution in [2.45, 2.75) is 469 Å². The average molecular weight is 1310 g/mol. The van der Waals surface area contributed by atoms with Crippen molar-refractivity contribution < 1.29 is 32.9 Å². The van der Waals surface area contributed by atoms with Crippen LogP contribution in [0.3, 0.4) is 0 Å². The molecule has 0 heterocycles. The summed E-state index contributed by atoms with van der Waals surface area (Å²) in [6.45, 7) is 4.74. The molecular formula is C82H165N2O6P. The first kappa shape index (κ1) is 90.2. The van der Waals surface area contributed by atoms with Crippen molar-refractivity contribution in [2.24, 2.45) is 0 Å². The normalized spacial score (nSPS) is 13.4. The van der Waals surface area contributed by atoms with E-state index in [0.717, 1.165) is 38.5 Å². The van der Waals surface area contributed by atoms with Crippen molar-refractivity contribution in [3.8, 4) is 0 Å². The number of nitrogens with zero attached hydrogens (tertiary/aromatic N) is 1. The Bertz CT molecular complexity index is 1490. The maximum Gasteiger partial charge on any atom is 0.268 e. The molecule has 0 aliphatic rings. The van der Waals surface area contributed by atoms with Crippen LogP contribution in [0.1, 0.15) is 457 Å². The van der Waals surface area contributed by atoms with Crippen LogP contribution in [0.5, 0.6) is 0 Å².